The molecule has 4 rings (SSSR count). The van der Waals surface area contributed by atoms with E-state index in [1.165, 1.54) is 5.56 Å². The summed E-state index contributed by atoms with van der Waals surface area (Å²) >= 11 is 3.28. The average Bonchev–Trinajstić information content (AvgIpc) is 3.49. The number of anilines is 1. The van der Waals surface area contributed by atoms with Crippen molar-refractivity contribution in [3.8, 4) is 0 Å². The van der Waals surface area contributed by atoms with Crippen molar-refractivity contribution >= 4 is 40.7 Å². The third-order valence-corrected chi connectivity index (χ3v) is 8.09. The van der Waals surface area contributed by atoms with E-state index in [9.17, 15) is 9.59 Å². The average molecular weight is 505 g/mol. The number of thiophene rings is 1. The number of fused-ring (bicyclic) bond motifs is 1. The van der Waals surface area contributed by atoms with Gasteiger partial charge < -0.3 is 10.1 Å². The zero-order valence-electron chi connectivity index (χ0n) is 21.0. The molecule has 4 heterocycles. The molecule has 1 N–H and O–H groups in total. The van der Waals surface area contributed by atoms with Crippen molar-refractivity contribution in [2.24, 2.45) is 0 Å². The van der Waals surface area contributed by atoms with E-state index >= 15 is 0 Å². The van der Waals surface area contributed by atoms with Crippen LogP contribution in [-0.2, 0) is 25.3 Å². The molecule has 0 aromatic carbocycles. The van der Waals surface area contributed by atoms with Crippen LogP contribution in [0.3, 0.4) is 0 Å². The van der Waals surface area contributed by atoms with Gasteiger partial charge in [-0.3, -0.25) is 14.5 Å². The number of nitrogens with zero attached hydrogens (tertiary/aromatic N) is 3. The van der Waals surface area contributed by atoms with E-state index in [0.29, 0.717) is 12.3 Å². The van der Waals surface area contributed by atoms with E-state index in [1.807, 2.05) is 4.68 Å². The fourth-order valence-corrected chi connectivity index (χ4v) is 6.42. The molecule has 1 saturated heterocycles. The van der Waals surface area contributed by atoms with Gasteiger partial charge in [-0.25, -0.2) is 4.68 Å². The first kappa shape index (κ1) is 25.3. The maximum absolute atomic E-state index is 13.5. The van der Waals surface area contributed by atoms with Gasteiger partial charge in [-0.15, -0.1) is 11.8 Å². The molecule has 0 unspecified atom stereocenters. The topological polar surface area (TPSA) is 76.5 Å². The van der Waals surface area contributed by atoms with Crippen LogP contribution in [0.25, 0.3) is 0 Å². The van der Waals surface area contributed by atoms with Crippen LogP contribution in [-0.4, -0.2) is 53.1 Å². The molecular weight excluding hydrogens is 468 g/mol. The van der Waals surface area contributed by atoms with Crippen LogP contribution in [0.15, 0.2) is 16.8 Å². The molecule has 7 nitrogen and oxygen atoms in total. The maximum atomic E-state index is 13.5. The first-order valence-corrected chi connectivity index (χ1v) is 13.9. The monoisotopic (exact) mass is 504 g/mol. The molecule has 2 aliphatic heterocycles. The highest BCUT2D eigenvalue weighted by Gasteiger charge is 2.41. The van der Waals surface area contributed by atoms with Gasteiger partial charge in [0.1, 0.15) is 12.4 Å². The van der Waals surface area contributed by atoms with Crippen LogP contribution in [0, 0.1) is 0 Å². The minimum Gasteiger partial charge on any atom is -0.376 e. The highest BCUT2D eigenvalue weighted by atomic mass is 32.2. The Morgan fingerprint density at radius 3 is 2.62 bits per heavy atom. The summed E-state index contributed by atoms with van der Waals surface area (Å²) in [5.74, 6) is 0.813. The number of hydrogen-bond acceptors (Lipinski definition) is 6. The first-order valence-electron chi connectivity index (χ1n) is 11.9. The van der Waals surface area contributed by atoms with Crippen LogP contribution in [0.1, 0.15) is 76.5 Å². The molecule has 0 aliphatic carbocycles. The zero-order chi connectivity index (χ0) is 24.7. The number of carbonyl (C=O) groups is 2. The molecule has 1 fully saturated rings. The summed E-state index contributed by atoms with van der Waals surface area (Å²) in [7, 11) is 0. The SMILES string of the molecule is CC(C)(C)c1nn(C(C)(C)C)c2c1[C@@H](c1ccsc1)SCC(=O)N2CC(=O)NC[C@H]1CCCO1. The second-order valence-electron chi connectivity index (χ2n) is 11.1. The summed E-state index contributed by atoms with van der Waals surface area (Å²) in [6.07, 6.45) is 2.04. The van der Waals surface area contributed by atoms with Gasteiger partial charge in [0.2, 0.25) is 11.8 Å². The minimum absolute atomic E-state index is 0.0181. The molecule has 0 bridgehead atoms. The quantitative estimate of drug-likeness (QED) is 0.651. The second kappa shape index (κ2) is 9.66. The molecular formula is C25H36N4O3S2. The number of aromatic nitrogens is 2. The van der Waals surface area contributed by atoms with Gasteiger partial charge >= 0.3 is 0 Å². The number of nitrogens with one attached hydrogen (secondary N) is 1. The zero-order valence-corrected chi connectivity index (χ0v) is 22.6. The summed E-state index contributed by atoms with van der Waals surface area (Å²) in [6.45, 7) is 13.9. The number of ether oxygens (including phenoxy) is 1. The molecule has 2 aromatic heterocycles. The third-order valence-electron chi connectivity index (χ3n) is 6.13. The smallest absolute Gasteiger partial charge is 0.240 e. The lowest BCUT2D eigenvalue weighted by Gasteiger charge is -2.29. The summed E-state index contributed by atoms with van der Waals surface area (Å²) in [6, 6.07) is 2.13. The van der Waals surface area contributed by atoms with Crippen molar-refractivity contribution in [3.05, 3.63) is 33.6 Å². The number of thioether (sulfide) groups is 1. The van der Waals surface area contributed by atoms with Gasteiger partial charge in [0.15, 0.2) is 0 Å². The van der Waals surface area contributed by atoms with Gasteiger partial charge in [-0.05, 0) is 56.0 Å². The minimum atomic E-state index is -0.367. The largest absolute Gasteiger partial charge is 0.376 e. The van der Waals surface area contributed by atoms with Crippen molar-refractivity contribution in [3.63, 3.8) is 0 Å². The molecule has 9 heteroatoms. The highest BCUT2D eigenvalue weighted by molar-refractivity contribution is 8.00. The third kappa shape index (κ3) is 5.21. The van der Waals surface area contributed by atoms with Crippen LogP contribution in [0.5, 0.6) is 0 Å². The fourth-order valence-electron chi connectivity index (χ4n) is 4.46. The van der Waals surface area contributed by atoms with Crippen molar-refractivity contribution < 1.29 is 14.3 Å². The van der Waals surface area contributed by atoms with Gasteiger partial charge in [-0.1, -0.05) is 20.8 Å². The summed E-state index contributed by atoms with van der Waals surface area (Å²) in [4.78, 5) is 28.2. The standard InChI is InChI=1S/C25H36N4O3S2/c1-24(2,3)22-20-21(16-9-11-33-14-16)34-15-19(31)28(23(20)29(27-22)25(4,5)6)13-18(30)26-12-17-8-7-10-32-17/h9,11,14,17,21H,7-8,10,12-13,15H2,1-6H3,(H,26,30)/t17-,21-/m1/s1. The van der Waals surface area contributed by atoms with Crippen LogP contribution >= 0.6 is 23.1 Å². The molecule has 2 aromatic rings. The summed E-state index contributed by atoms with van der Waals surface area (Å²) in [5.41, 5.74) is 2.60. The molecule has 0 radical (unpaired) electrons. The fraction of sp³-hybridized carbons (Fsp3) is 0.640. The van der Waals surface area contributed by atoms with E-state index in [1.54, 1.807) is 28.0 Å². The molecule has 34 heavy (non-hydrogen) atoms. The van der Waals surface area contributed by atoms with E-state index in [-0.39, 0.29) is 40.7 Å². The Labute approximate surface area is 210 Å². The Morgan fingerprint density at radius 1 is 1.26 bits per heavy atom. The molecule has 2 aliphatic rings. The van der Waals surface area contributed by atoms with E-state index in [0.717, 1.165) is 36.5 Å². The number of rotatable bonds is 5. The summed E-state index contributed by atoms with van der Waals surface area (Å²) in [5, 5.41) is 12.3. The van der Waals surface area contributed by atoms with Crippen molar-refractivity contribution in [2.75, 3.05) is 30.3 Å². The van der Waals surface area contributed by atoms with Gasteiger partial charge in [0.05, 0.1) is 28.3 Å². The van der Waals surface area contributed by atoms with Crippen LogP contribution in [0.4, 0.5) is 5.82 Å². The lowest BCUT2D eigenvalue weighted by molar-refractivity contribution is -0.123. The molecule has 2 atom stereocenters. The van der Waals surface area contributed by atoms with Gasteiger partial charge in [-0.2, -0.15) is 16.4 Å². The number of amides is 2. The predicted octanol–water partition coefficient (Wildman–Crippen LogP) is 4.46. The highest BCUT2D eigenvalue weighted by Crippen LogP contribution is 2.49. The van der Waals surface area contributed by atoms with E-state index in [4.69, 9.17) is 9.84 Å². The molecule has 0 saturated carbocycles. The van der Waals surface area contributed by atoms with Crippen LogP contribution in [0.2, 0.25) is 0 Å². The van der Waals surface area contributed by atoms with Crippen molar-refractivity contribution in [1.29, 1.82) is 0 Å². The normalized spacial score (nSPS) is 21.5. The summed E-state index contributed by atoms with van der Waals surface area (Å²) < 4.78 is 7.60. The lowest BCUT2D eigenvalue weighted by atomic mass is 9.87. The Hall–Kier alpha value is -1.84. The van der Waals surface area contributed by atoms with Crippen LogP contribution < -0.4 is 10.2 Å². The van der Waals surface area contributed by atoms with Crippen molar-refractivity contribution in [1.82, 2.24) is 15.1 Å². The van der Waals surface area contributed by atoms with E-state index < -0.39 is 0 Å². The predicted molar refractivity (Wildman–Crippen MR) is 139 cm³/mol. The van der Waals surface area contributed by atoms with Gasteiger partial charge in [0, 0.05) is 24.1 Å². The Kier molecular flexibility index (Phi) is 7.18. The Balaban J connectivity index is 1.78. The Morgan fingerprint density at radius 2 is 2.03 bits per heavy atom. The number of hydrogen-bond donors (Lipinski definition) is 1. The molecule has 2 amide bonds. The second-order valence-corrected chi connectivity index (χ2v) is 13.0. The van der Waals surface area contributed by atoms with Gasteiger partial charge in [0.25, 0.3) is 0 Å². The maximum Gasteiger partial charge on any atom is 0.240 e. The van der Waals surface area contributed by atoms with Crippen molar-refractivity contribution in [2.45, 2.75) is 76.7 Å². The lowest BCUT2D eigenvalue weighted by Crippen LogP contribution is -2.45. The first-order chi connectivity index (χ1) is 16.0. The van der Waals surface area contributed by atoms with E-state index in [2.05, 4.69) is 63.7 Å². The number of carbonyl (C=O) groups excluding carboxylic acids is 2. The Bertz CT molecular complexity index is 1030. The molecule has 0 spiro atoms. The molecule has 186 valence electrons.